The minimum Gasteiger partial charge on any atom is -1.00 e. The van der Waals surface area contributed by atoms with Crippen molar-refractivity contribution >= 4 is 0 Å². The molecule has 3 aliphatic rings. The minimum atomic E-state index is 0. The van der Waals surface area contributed by atoms with E-state index in [2.05, 4.69) is 60.7 Å². The number of fused-ring (bicyclic) bond motifs is 3. The molecule has 3 heterocycles. The van der Waals surface area contributed by atoms with E-state index in [1.807, 2.05) is 9.80 Å². The van der Waals surface area contributed by atoms with E-state index in [1.54, 1.807) is 0 Å². The van der Waals surface area contributed by atoms with Gasteiger partial charge in [-0.05, 0) is 11.1 Å². The Hall–Kier alpha value is -1.06. The predicted molar refractivity (Wildman–Crippen MR) is 89.3 cm³/mol. The number of piperazine rings is 3. The van der Waals surface area contributed by atoms with Crippen LogP contribution in [0.4, 0.5) is 0 Å². The van der Waals surface area contributed by atoms with Crippen LogP contribution in [0.2, 0.25) is 0 Å². The SMILES string of the molecule is [Cl-].[Cl-].c1ccc(CC2C[NH+]3CC[NH+]2CC3Cc2ccccc2)cc1. The first-order valence-electron chi connectivity index (χ1n) is 8.65. The molecule has 5 rings (SSSR count). The van der Waals surface area contributed by atoms with Gasteiger partial charge in [-0.3, -0.25) is 0 Å². The second-order valence-corrected chi connectivity index (χ2v) is 7.00. The largest absolute Gasteiger partial charge is 1.00 e. The highest BCUT2D eigenvalue weighted by atomic mass is 35.5. The Balaban J connectivity index is 0.00000104. The topological polar surface area (TPSA) is 8.88 Å². The van der Waals surface area contributed by atoms with E-state index in [4.69, 9.17) is 0 Å². The highest BCUT2D eigenvalue weighted by Crippen LogP contribution is 2.06. The first-order valence-corrected chi connectivity index (χ1v) is 8.65. The molecular formula is C20H26Cl2N2. The van der Waals surface area contributed by atoms with Crippen LogP contribution in [0.25, 0.3) is 0 Å². The number of halogens is 2. The summed E-state index contributed by atoms with van der Waals surface area (Å²) in [5.41, 5.74) is 3.01. The van der Waals surface area contributed by atoms with E-state index in [0.717, 1.165) is 12.1 Å². The summed E-state index contributed by atoms with van der Waals surface area (Å²) in [5.74, 6) is 0. The quantitative estimate of drug-likeness (QED) is 0.534. The Kier molecular flexibility index (Phi) is 7.12. The molecule has 130 valence electrons. The van der Waals surface area contributed by atoms with E-state index < -0.39 is 0 Å². The second kappa shape index (κ2) is 8.87. The third-order valence-corrected chi connectivity index (χ3v) is 5.59. The molecule has 0 spiro atoms. The van der Waals surface area contributed by atoms with E-state index >= 15 is 0 Å². The van der Waals surface area contributed by atoms with Gasteiger partial charge in [-0.1, -0.05) is 60.7 Å². The minimum absolute atomic E-state index is 0. The third-order valence-electron chi connectivity index (χ3n) is 5.59. The summed E-state index contributed by atoms with van der Waals surface area (Å²) in [4.78, 5) is 3.69. The number of rotatable bonds is 4. The fourth-order valence-corrected chi connectivity index (χ4v) is 4.42. The van der Waals surface area contributed by atoms with Crippen LogP contribution in [0.5, 0.6) is 0 Å². The number of quaternary nitrogens is 2. The first-order chi connectivity index (χ1) is 10.9. The highest BCUT2D eigenvalue weighted by molar-refractivity contribution is 5.16. The summed E-state index contributed by atoms with van der Waals surface area (Å²) < 4.78 is 0. The average Bonchev–Trinajstić information content (AvgIpc) is 2.58. The lowest BCUT2D eigenvalue weighted by Gasteiger charge is -2.46. The van der Waals surface area contributed by atoms with Crippen LogP contribution in [0.15, 0.2) is 60.7 Å². The van der Waals surface area contributed by atoms with Crippen molar-refractivity contribution in [2.24, 2.45) is 0 Å². The van der Waals surface area contributed by atoms with Crippen molar-refractivity contribution in [2.75, 3.05) is 26.2 Å². The van der Waals surface area contributed by atoms with Crippen LogP contribution in [-0.4, -0.2) is 38.3 Å². The van der Waals surface area contributed by atoms with Gasteiger partial charge in [0, 0.05) is 12.8 Å². The standard InChI is InChI=1S/C20H24N2.2ClH/c1-3-7-17(8-4-1)13-19-15-22-12-11-21(19)16-20(22)14-18-9-5-2-6-10-18;;/h1-10,19-20H,11-16H2;2*1H. The predicted octanol–water partition coefficient (Wildman–Crippen LogP) is -5.99. The molecule has 4 atom stereocenters. The molecule has 24 heavy (non-hydrogen) atoms. The van der Waals surface area contributed by atoms with Crippen molar-refractivity contribution in [3.8, 4) is 0 Å². The highest BCUT2D eigenvalue weighted by Gasteiger charge is 2.44. The Bertz CT molecular complexity index is 550. The van der Waals surface area contributed by atoms with Gasteiger partial charge in [0.05, 0.1) is 0 Å². The molecule has 0 aromatic heterocycles. The molecule has 2 aromatic carbocycles. The van der Waals surface area contributed by atoms with Gasteiger partial charge < -0.3 is 34.6 Å². The molecule has 2 nitrogen and oxygen atoms in total. The maximum absolute atomic E-state index is 2.29. The van der Waals surface area contributed by atoms with Gasteiger partial charge in [-0.25, -0.2) is 0 Å². The van der Waals surface area contributed by atoms with Crippen molar-refractivity contribution < 1.29 is 34.6 Å². The molecule has 0 saturated carbocycles. The molecule has 4 unspecified atom stereocenters. The summed E-state index contributed by atoms with van der Waals surface area (Å²) in [5, 5.41) is 0. The van der Waals surface area contributed by atoms with Gasteiger partial charge in [0.15, 0.2) is 0 Å². The molecule has 4 heteroatoms. The fraction of sp³-hybridized carbons (Fsp3) is 0.400. The van der Waals surface area contributed by atoms with Crippen LogP contribution in [-0.2, 0) is 12.8 Å². The molecule has 0 radical (unpaired) electrons. The zero-order chi connectivity index (χ0) is 14.8. The average molecular weight is 365 g/mol. The molecule has 0 aliphatic carbocycles. The van der Waals surface area contributed by atoms with E-state index in [1.165, 1.54) is 50.1 Å². The molecule has 3 fully saturated rings. The molecule has 3 aliphatic heterocycles. The van der Waals surface area contributed by atoms with Gasteiger partial charge in [0.25, 0.3) is 0 Å². The third kappa shape index (κ3) is 4.31. The summed E-state index contributed by atoms with van der Waals surface area (Å²) >= 11 is 0. The van der Waals surface area contributed by atoms with Crippen molar-refractivity contribution in [3.05, 3.63) is 71.8 Å². The van der Waals surface area contributed by atoms with Crippen LogP contribution < -0.4 is 34.6 Å². The number of nitrogens with one attached hydrogen (secondary N) is 2. The van der Waals surface area contributed by atoms with E-state index in [9.17, 15) is 0 Å². The normalized spacial score (nSPS) is 27.8. The molecule has 0 amide bonds. The van der Waals surface area contributed by atoms with Crippen LogP contribution >= 0.6 is 0 Å². The number of hydrogen-bond acceptors (Lipinski definition) is 0. The summed E-state index contributed by atoms with van der Waals surface area (Å²) in [7, 11) is 0. The van der Waals surface area contributed by atoms with E-state index in [-0.39, 0.29) is 24.8 Å². The van der Waals surface area contributed by atoms with Crippen molar-refractivity contribution in [3.63, 3.8) is 0 Å². The summed E-state index contributed by atoms with van der Waals surface area (Å²) in [6.07, 6.45) is 2.50. The van der Waals surface area contributed by atoms with Gasteiger partial charge in [0.1, 0.15) is 38.3 Å². The smallest absolute Gasteiger partial charge is 0.141 e. The molecule has 3 saturated heterocycles. The maximum atomic E-state index is 2.29. The van der Waals surface area contributed by atoms with Crippen LogP contribution in [0.1, 0.15) is 11.1 Å². The fourth-order valence-electron chi connectivity index (χ4n) is 4.42. The van der Waals surface area contributed by atoms with Gasteiger partial charge in [0.2, 0.25) is 0 Å². The zero-order valence-electron chi connectivity index (χ0n) is 13.9. The first kappa shape index (κ1) is 19.3. The van der Waals surface area contributed by atoms with Crippen LogP contribution in [0, 0.1) is 0 Å². The Labute approximate surface area is 157 Å². The Morgan fingerprint density at radius 1 is 0.625 bits per heavy atom. The van der Waals surface area contributed by atoms with Crippen molar-refractivity contribution in [1.82, 2.24) is 0 Å². The van der Waals surface area contributed by atoms with Crippen molar-refractivity contribution in [1.29, 1.82) is 0 Å². The lowest BCUT2D eigenvalue weighted by Crippen LogP contribution is -3.40. The molecule has 2 bridgehead atoms. The molecular weight excluding hydrogens is 339 g/mol. The molecule has 2 N–H and O–H groups in total. The van der Waals surface area contributed by atoms with Gasteiger partial charge >= 0.3 is 0 Å². The summed E-state index contributed by atoms with van der Waals surface area (Å²) in [6.45, 7) is 5.42. The monoisotopic (exact) mass is 364 g/mol. The number of hydrogen-bond donors (Lipinski definition) is 2. The lowest BCUT2D eigenvalue weighted by atomic mass is 9.93. The second-order valence-electron chi connectivity index (χ2n) is 7.00. The van der Waals surface area contributed by atoms with Crippen molar-refractivity contribution in [2.45, 2.75) is 24.9 Å². The van der Waals surface area contributed by atoms with E-state index in [0.29, 0.717) is 0 Å². The maximum Gasteiger partial charge on any atom is 0.141 e. The Morgan fingerprint density at radius 3 is 1.33 bits per heavy atom. The van der Waals surface area contributed by atoms with Crippen LogP contribution in [0.3, 0.4) is 0 Å². The number of benzene rings is 2. The molecule has 2 aromatic rings. The lowest BCUT2D eigenvalue weighted by molar-refractivity contribution is -1.10. The Morgan fingerprint density at radius 2 is 1.00 bits per heavy atom. The zero-order valence-corrected chi connectivity index (χ0v) is 15.4. The van der Waals surface area contributed by atoms with Gasteiger partial charge in [-0.15, -0.1) is 0 Å². The van der Waals surface area contributed by atoms with Gasteiger partial charge in [-0.2, -0.15) is 0 Å². The summed E-state index contributed by atoms with van der Waals surface area (Å²) in [6, 6.07) is 23.7.